The van der Waals surface area contributed by atoms with Gasteiger partial charge >= 0.3 is 5.97 Å². The van der Waals surface area contributed by atoms with E-state index in [2.05, 4.69) is 5.32 Å². The Morgan fingerprint density at radius 2 is 1.76 bits per heavy atom. The first-order chi connectivity index (χ1) is 12.0. The van der Waals surface area contributed by atoms with Crippen LogP contribution in [0.4, 0.5) is 5.69 Å². The molecule has 1 fully saturated rings. The van der Waals surface area contributed by atoms with Gasteiger partial charge in [0, 0.05) is 10.7 Å². The van der Waals surface area contributed by atoms with Crippen molar-refractivity contribution in [1.29, 1.82) is 5.26 Å². The van der Waals surface area contributed by atoms with Gasteiger partial charge in [-0.3, -0.25) is 9.59 Å². The Morgan fingerprint density at radius 3 is 2.32 bits per heavy atom. The van der Waals surface area contributed by atoms with E-state index in [0.717, 1.165) is 5.56 Å². The van der Waals surface area contributed by atoms with Crippen LogP contribution in [0.2, 0.25) is 5.02 Å². The number of ether oxygens (including phenoxy) is 1. The molecule has 1 aliphatic carbocycles. The van der Waals surface area contributed by atoms with Crippen LogP contribution in [0.3, 0.4) is 0 Å². The normalized spacial score (nSPS) is 14.2. The monoisotopic (exact) mass is 354 g/mol. The van der Waals surface area contributed by atoms with Gasteiger partial charge < -0.3 is 10.1 Å². The summed E-state index contributed by atoms with van der Waals surface area (Å²) in [5, 5.41) is 12.0. The van der Waals surface area contributed by atoms with E-state index in [4.69, 9.17) is 21.6 Å². The van der Waals surface area contributed by atoms with Crippen molar-refractivity contribution in [3.05, 3.63) is 64.7 Å². The highest BCUT2D eigenvalue weighted by atomic mass is 35.5. The van der Waals surface area contributed by atoms with Crippen molar-refractivity contribution in [2.24, 2.45) is 0 Å². The number of carbonyl (C=O) groups excluding carboxylic acids is 2. The molecule has 0 spiro atoms. The summed E-state index contributed by atoms with van der Waals surface area (Å²) in [5.41, 5.74) is 1.25. The van der Waals surface area contributed by atoms with Gasteiger partial charge in [0.15, 0.2) is 6.61 Å². The van der Waals surface area contributed by atoms with Gasteiger partial charge in [0.25, 0.3) is 5.91 Å². The van der Waals surface area contributed by atoms with Gasteiger partial charge in [0.2, 0.25) is 0 Å². The number of nitrogens with zero attached hydrogens (tertiary/aromatic N) is 1. The van der Waals surface area contributed by atoms with Gasteiger partial charge in [-0.2, -0.15) is 5.26 Å². The van der Waals surface area contributed by atoms with E-state index in [1.165, 1.54) is 0 Å². The molecule has 2 aromatic carbocycles. The third-order valence-corrected chi connectivity index (χ3v) is 4.42. The van der Waals surface area contributed by atoms with Gasteiger partial charge in [-0.05, 0) is 54.8 Å². The Balaban J connectivity index is 1.55. The minimum atomic E-state index is -0.653. The number of halogens is 1. The smallest absolute Gasteiger partial charge is 0.317 e. The van der Waals surface area contributed by atoms with E-state index < -0.39 is 17.3 Å². The third kappa shape index (κ3) is 3.81. The van der Waals surface area contributed by atoms with Gasteiger partial charge in [-0.15, -0.1) is 0 Å². The Labute approximate surface area is 150 Å². The largest absolute Gasteiger partial charge is 0.455 e. The summed E-state index contributed by atoms with van der Waals surface area (Å²) >= 11 is 5.87. The standard InChI is InChI=1S/C19H15ClN2O3/c20-15-5-3-14(4-6-15)19(9-10-19)18(24)25-12-17(23)22-16-7-1-13(11-21)2-8-16/h1-8H,9-10,12H2,(H,22,23). The summed E-state index contributed by atoms with van der Waals surface area (Å²) in [7, 11) is 0. The van der Waals surface area contributed by atoms with Crippen molar-refractivity contribution in [3.8, 4) is 6.07 Å². The van der Waals surface area contributed by atoms with Crippen molar-refractivity contribution < 1.29 is 14.3 Å². The number of carbonyl (C=O) groups is 2. The van der Waals surface area contributed by atoms with Crippen molar-refractivity contribution in [2.45, 2.75) is 18.3 Å². The van der Waals surface area contributed by atoms with Crippen LogP contribution in [0.5, 0.6) is 0 Å². The zero-order chi connectivity index (χ0) is 17.9. The number of rotatable bonds is 5. The maximum Gasteiger partial charge on any atom is 0.317 e. The molecule has 0 atom stereocenters. The second kappa shape index (κ2) is 6.96. The molecular weight excluding hydrogens is 340 g/mol. The summed E-state index contributed by atoms with van der Waals surface area (Å²) < 4.78 is 5.20. The van der Waals surface area contributed by atoms with Crippen LogP contribution < -0.4 is 5.32 Å². The van der Waals surface area contributed by atoms with E-state index in [1.807, 2.05) is 18.2 Å². The average molecular weight is 355 g/mol. The molecule has 126 valence electrons. The van der Waals surface area contributed by atoms with Crippen molar-refractivity contribution in [3.63, 3.8) is 0 Å². The van der Waals surface area contributed by atoms with Crippen LogP contribution in [0.15, 0.2) is 48.5 Å². The highest BCUT2D eigenvalue weighted by Crippen LogP contribution is 2.49. The minimum absolute atomic E-state index is 0.353. The maximum atomic E-state index is 12.4. The second-order valence-electron chi connectivity index (χ2n) is 5.90. The number of nitriles is 1. The fraction of sp³-hybridized carbons (Fsp3) is 0.211. The highest BCUT2D eigenvalue weighted by molar-refractivity contribution is 6.30. The average Bonchev–Trinajstić information content (AvgIpc) is 3.43. The number of hydrogen-bond donors (Lipinski definition) is 1. The number of nitrogens with one attached hydrogen (secondary N) is 1. The predicted molar refractivity (Wildman–Crippen MR) is 93.1 cm³/mol. The summed E-state index contributed by atoms with van der Waals surface area (Å²) in [6.45, 7) is -0.353. The number of esters is 1. The molecule has 1 N–H and O–H groups in total. The Bertz CT molecular complexity index is 834. The lowest BCUT2D eigenvalue weighted by atomic mass is 9.96. The maximum absolute atomic E-state index is 12.4. The zero-order valence-electron chi connectivity index (χ0n) is 13.3. The molecule has 6 heteroatoms. The molecule has 0 aromatic heterocycles. The van der Waals surface area contributed by atoms with Crippen LogP contribution in [0.25, 0.3) is 0 Å². The summed E-state index contributed by atoms with van der Waals surface area (Å²) in [6, 6.07) is 15.5. The summed E-state index contributed by atoms with van der Waals surface area (Å²) in [4.78, 5) is 24.3. The molecule has 0 radical (unpaired) electrons. The van der Waals surface area contributed by atoms with E-state index >= 15 is 0 Å². The quantitative estimate of drug-likeness (QED) is 0.834. The first-order valence-electron chi connectivity index (χ1n) is 7.77. The van der Waals surface area contributed by atoms with Crippen molar-refractivity contribution >= 4 is 29.2 Å². The van der Waals surface area contributed by atoms with Crippen LogP contribution in [-0.4, -0.2) is 18.5 Å². The van der Waals surface area contributed by atoms with Gasteiger partial charge in [-0.1, -0.05) is 23.7 Å². The Kier molecular flexibility index (Phi) is 4.73. The number of anilines is 1. The lowest BCUT2D eigenvalue weighted by Gasteiger charge is -2.15. The zero-order valence-corrected chi connectivity index (χ0v) is 14.0. The first kappa shape index (κ1) is 17.0. The molecular formula is C19H15ClN2O3. The fourth-order valence-corrected chi connectivity index (χ4v) is 2.72. The van der Waals surface area contributed by atoms with Gasteiger partial charge in [0.1, 0.15) is 0 Å². The van der Waals surface area contributed by atoms with E-state index in [1.54, 1.807) is 36.4 Å². The lowest BCUT2D eigenvalue weighted by molar-refractivity contribution is -0.150. The molecule has 0 aliphatic heterocycles. The van der Waals surface area contributed by atoms with Crippen molar-refractivity contribution in [2.75, 3.05) is 11.9 Å². The molecule has 1 aliphatic rings. The third-order valence-electron chi connectivity index (χ3n) is 4.17. The van der Waals surface area contributed by atoms with Crippen LogP contribution >= 0.6 is 11.6 Å². The summed E-state index contributed by atoms with van der Waals surface area (Å²) in [6.07, 6.45) is 1.40. The SMILES string of the molecule is N#Cc1ccc(NC(=O)COC(=O)C2(c3ccc(Cl)cc3)CC2)cc1. The summed E-state index contributed by atoms with van der Waals surface area (Å²) in [5.74, 6) is -0.824. The van der Waals surface area contributed by atoms with Crippen LogP contribution in [-0.2, 0) is 19.7 Å². The topological polar surface area (TPSA) is 79.2 Å². The molecule has 1 saturated carbocycles. The molecule has 25 heavy (non-hydrogen) atoms. The highest BCUT2D eigenvalue weighted by Gasteiger charge is 2.52. The molecule has 0 heterocycles. The lowest BCUT2D eigenvalue weighted by Crippen LogP contribution is -2.28. The van der Waals surface area contributed by atoms with E-state index in [9.17, 15) is 9.59 Å². The number of amides is 1. The van der Waals surface area contributed by atoms with Gasteiger partial charge in [0.05, 0.1) is 17.0 Å². The minimum Gasteiger partial charge on any atom is -0.455 e. The number of benzene rings is 2. The Morgan fingerprint density at radius 1 is 1.12 bits per heavy atom. The van der Waals surface area contributed by atoms with E-state index in [-0.39, 0.29) is 6.61 Å². The predicted octanol–water partition coefficient (Wildman–Crippen LogP) is 3.43. The molecule has 0 unspecified atom stereocenters. The van der Waals surface area contributed by atoms with Crippen molar-refractivity contribution in [1.82, 2.24) is 0 Å². The second-order valence-corrected chi connectivity index (χ2v) is 6.34. The molecule has 5 nitrogen and oxygen atoms in total. The van der Waals surface area contributed by atoms with Gasteiger partial charge in [-0.25, -0.2) is 0 Å². The van der Waals surface area contributed by atoms with E-state index in [0.29, 0.717) is 29.1 Å². The molecule has 0 saturated heterocycles. The first-order valence-corrected chi connectivity index (χ1v) is 8.14. The Hall–Kier alpha value is -2.84. The van der Waals surface area contributed by atoms with Crippen LogP contribution in [0.1, 0.15) is 24.0 Å². The number of hydrogen-bond acceptors (Lipinski definition) is 4. The molecule has 0 bridgehead atoms. The molecule has 1 amide bonds. The molecule has 2 aromatic rings. The fourth-order valence-electron chi connectivity index (χ4n) is 2.60. The molecule has 3 rings (SSSR count). The van der Waals surface area contributed by atoms with Crippen LogP contribution in [0, 0.1) is 11.3 Å².